The van der Waals surface area contributed by atoms with Crippen molar-refractivity contribution < 1.29 is 13.6 Å². The molecule has 0 spiro atoms. The van der Waals surface area contributed by atoms with Gasteiger partial charge in [0.1, 0.15) is 17.3 Å². The van der Waals surface area contributed by atoms with Gasteiger partial charge in [0.25, 0.3) is 0 Å². The lowest BCUT2D eigenvalue weighted by atomic mass is 10.1. The van der Waals surface area contributed by atoms with Gasteiger partial charge in [0.05, 0.1) is 0 Å². The van der Waals surface area contributed by atoms with Crippen molar-refractivity contribution in [1.82, 2.24) is 9.78 Å². The highest BCUT2D eigenvalue weighted by molar-refractivity contribution is 5.95. The van der Waals surface area contributed by atoms with E-state index in [1.807, 2.05) is 0 Å². The highest BCUT2D eigenvalue weighted by atomic mass is 19.1. The van der Waals surface area contributed by atoms with E-state index in [-0.39, 0.29) is 17.7 Å². The third-order valence-corrected chi connectivity index (χ3v) is 2.40. The Labute approximate surface area is 96.7 Å². The highest BCUT2D eigenvalue weighted by Gasteiger charge is 2.15. The Balaban J connectivity index is 2.24. The molecule has 88 valence electrons. The Kier molecular flexibility index (Phi) is 2.99. The normalized spacial score (nSPS) is 10.5. The number of aryl methyl sites for hydroxylation is 1. The molecule has 0 aliphatic carbocycles. The second kappa shape index (κ2) is 4.45. The van der Waals surface area contributed by atoms with Crippen molar-refractivity contribution in [2.45, 2.75) is 6.42 Å². The van der Waals surface area contributed by atoms with Gasteiger partial charge in [0, 0.05) is 25.2 Å². The molecule has 2 rings (SSSR count). The minimum Gasteiger partial charge on any atom is -0.292 e. The van der Waals surface area contributed by atoms with Crippen LogP contribution >= 0.6 is 0 Å². The van der Waals surface area contributed by atoms with E-state index >= 15 is 0 Å². The molecule has 0 amide bonds. The van der Waals surface area contributed by atoms with Crippen molar-refractivity contribution in [2.75, 3.05) is 0 Å². The van der Waals surface area contributed by atoms with Gasteiger partial charge < -0.3 is 0 Å². The number of nitrogens with zero attached hydrogens (tertiary/aromatic N) is 2. The third-order valence-electron chi connectivity index (χ3n) is 2.40. The molecule has 3 nitrogen and oxygen atoms in total. The molecule has 0 radical (unpaired) electrons. The topological polar surface area (TPSA) is 34.9 Å². The molecular weight excluding hydrogens is 226 g/mol. The Morgan fingerprint density at radius 3 is 2.47 bits per heavy atom. The van der Waals surface area contributed by atoms with Gasteiger partial charge in [-0.2, -0.15) is 5.10 Å². The Morgan fingerprint density at radius 2 is 1.94 bits per heavy atom. The van der Waals surface area contributed by atoms with Crippen LogP contribution in [0.2, 0.25) is 0 Å². The van der Waals surface area contributed by atoms with Gasteiger partial charge >= 0.3 is 0 Å². The molecule has 1 aromatic heterocycles. The molecule has 0 N–H and O–H groups in total. The van der Waals surface area contributed by atoms with E-state index in [2.05, 4.69) is 5.10 Å². The van der Waals surface area contributed by atoms with Crippen LogP contribution in [-0.2, 0) is 13.5 Å². The Morgan fingerprint density at radius 1 is 1.29 bits per heavy atom. The van der Waals surface area contributed by atoms with E-state index < -0.39 is 17.4 Å². The van der Waals surface area contributed by atoms with Gasteiger partial charge in [0.2, 0.25) is 0 Å². The van der Waals surface area contributed by atoms with Crippen molar-refractivity contribution in [3.8, 4) is 0 Å². The molecule has 0 unspecified atom stereocenters. The fraction of sp³-hybridized carbons (Fsp3) is 0.167. The molecular formula is C12H10F2N2O. The number of carbonyl (C=O) groups is 1. The van der Waals surface area contributed by atoms with E-state index in [1.165, 1.54) is 16.8 Å². The molecule has 0 aliphatic rings. The van der Waals surface area contributed by atoms with Crippen molar-refractivity contribution in [1.29, 1.82) is 0 Å². The molecule has 5 heteroatoms. The predicted octanol–water partition coefficient (Wildman–Crippen LogP) is 2.12. The maximum absolute atomic E-state index is 13.3. The number of hydrogen-bond donors (Lipinski definition) is 0. The summed E-state index contributed by atoms with van der Waals surface area (Å²) in [6.07, 6.45) is 1.28. The van der Waals surface area contributed by atoms with E-state index in [0.29, 0.717) is 0 Å². The van der Waals surface area contributed by atoms with Crippen molar-refractivity contribution in [3.63, 3.8) is 0 Å². The summed E-state index contributed by atoms with van der Waals surface area (Å²) in [5.41, 5.74) is -0.0155. The maximum Gasteiger partial charge on any atom is 0.187 e. The molecule has 2 aromatic rings. The summed E-state index contributed by atoms with van der Waals surface area (Å²) in [5, 5.41) is 3.89. The summed E-state index contributed by atoms with van der Waals surface area (Å²) < 4.78 is 28.1. The number of rotatable bonds is 3. The third kappa shape index (κ3) is 2.38. The number of benzene rings is 1. The van der Waals surface area contributed by atoms with E-state index in [9.17, 15) is 13.6 Å². The first-order valence-electron chi connectivity index (χ1n) is 5.03. The molecule has 0 saturated heterocycles. The average molecular weight is 236 g/mol. The first-order chi connectivity index (χ1) is 8.08. The van der Waals surface area contributed by atoms with Crippen LogP contribution in [0.3, 0.4) is 0 Å². The second-order valence-electron chi connectivity index (χ2n) is 3.67. The summed E-state index contributed by atoms with van der Waals surface area (Å²) >= 11 is 0. The molecule has 1 heterocycles. The van der Waals surface area contributed by atoms with Crippen LogP contribution in [0.4, 0.5) is 8.78 Å². The zero-order chi connectivity index (χ0) is 12.4. The average Bonchev–Trinajstić information content (AvgIpc) is 2.70. The smallest absolute Gasteiger partial charge is 0.187 e. The molecule has 0 aliphatic heterocycles. The van der Waals surface area contributed by atoms with Crippen LogP contribution in [0.1, 0.15) is 16.1 Å². The number of carbonyl (C=O) groups excluding carboxylic acids is 1. The lowest BCUT2D eigenvalue weighted by molar-refractivity contribution is 0.0985. The van der Waals surface area contributed by atoms with Crippen molar-refractivity contribution >= 4 is 5.78 Å². The first kappa shape index (κ1) is 11.4. The molecule has 0 saturated carbocycles. The number of halogens is 2. The zero-order valence-electron chi connectivity index (χ0n) is 9.15. The quantitative estimate of drug-likeness (QED) is 0.765. The molecule has 0 fully saturated rings. The summed E-state index contributed by atoms with van der Waals surface area (Å²) in [6, 6.07) is 5.04. The number of ketones is 1. The van der Waals surface area contributed by atoms with Crippen LogP contribution in [0.5, 0.6) is 0 Å². The lowest BCUT2D eigenvalue weighted by Crippen LogP contribution is -2.08. The van der Waals surface area contributed by atoms with Gasteiger partial charge in [-0.3, -0.25) is 9.48 Å². The van der Waals surface area contributed by atoms with E-state index in [4.69, 9.17) is 0 Å². The first-order valence-corrected chi connectivity index (χ1v) is 5.03. The van der Waals surface area contributed by atoms with Gasteiger partial charge in [-0.25, -0.2) is 8.78 Å². The van der Waals surface area contributed by atoms with Crippen LogP contribution in [0.15, 0.2) is 30.5 Å². The monoisotopic (exact) mass is 236 g/mol. The summed E-state index contributed by atoms with van der Waals surface area (Å²) in [4.78, 5) is 11.7. The number of hydrogen-bond acceptors (Lipinski definition) is 2. The van der Waals surface area contributed by atoms with Crippen LogP contribution in [0.25, 0.3) is 0 Å². The SMILES string of the molecule is Cn1ccc(C(=O)Cc2c(F)cccc2F)n1. The predicted molar refractivity (Wildman–Crippen MR) is 57.6 cm³/mol. The Bertz CT molecular complexity index is 543. The standard InChI is InChI=1S/C12H10F2N2O/c1-16-6-5-11(15-16)12(17)7-8-9(13)3-2-4-10(8)14/h2-6H,7H2,1H3. The van der Waals surface area contributed by atoms with Gasteiger partial charge in [-0.05, 0) is 18.2 Å². The van der Waals surface area contributed by atoms with Crippen molar-refractivity contribution in [3.05, 3.63) is 53.4 Å². The molecule has 0 atom stereocenters. The maximum atomic E-state index is 13.3. The highest BCUT2D eigenvalue weighted by Crippen LogP contribution is 2.14. The van der Waals surface area contributed by atoms with E-state index in [0.717, 1.165) is 12.1 Å². The summed E-state index contributed by atoms with van der Waals surface area (Å²) in [6.45, 7) is 0. The van der Waals surface area contributed by atoms with Crippen LogP contribution in [-0.4, -0.2) is 15.6 Å². The van der Waals surface area contributed by atoms with Crippen molar-refractivity contribution in [2.24, 2.45) is 7.05 Å². The fourth-order valence-corrected chi connectivity index (χ4v) is 1.52. The molecule has 0 bridgehead atoms. The minimum atomic E-state index is -0.714. The largest absolute Gasteiger partial charge is 0.292 e. The number of aromatic nitrogens is 2. The summed E-state index contributed by atoms with van der Waals surface area (Å²) in [5.74, 6) is -1.84. The summed E-state index contributed by atoms with van der Waals surface area (Å²) in [7, 11) is 1.67. The van der Waals surface area contributed by atoms with Gasteiger partial charge in [-0.15, -0.1) is 0 Å². The van der Waals surface area contributed by atoms with E-state index in [1.54, 1.807) is 13.2 Å². The Hall–Kier alpha value is -2.04. The van der Waals surface area contributed by atoms with Crippen LogP contribution < -0.4 is 0 Å². The van der Waals surface area contributed by atoms with Crippen LogP contribution in [0, 0.1) is 11.6 Å². The molecule has 17 heavy (non-hydrogen) atoms. The minimum absolute atomic E-state index is 0.204. The number of Topliss-reactive ketones (excluding diaryl/α,β-unsaturated/α-hetero) is 1. The zero-order valence-corrected chi connectivity index (χ0v) is 9.15. The van der Waals surface area contributed by atoms with Gasteiger partial charge in [0.15, 0.2) is 5.78 Å². The molecule has 1 aromatic carbocycles. The second-order valence-corrected chi connectivity index (χ2v) is 3.67. The van der Waals surface area contributed by atoms with Gasteiger partial charge in [-0.1, -0.05) is 6.07 Å². The lowest BCUT2D eigenvalue weighted by Gasteiger charge is -2.02. The fourth-order valence-electron chi connectivity index (χ4n) is 1.52.